The molecule has 0 aromatic rings. The first kappa shape index (κ1) is 33.5. The zero-order valence-electron chi connectivity index (χ0n) is 22.5. The highest BCUT2D eigenvalue weighted by atomic mass is 16.7. The van der Waals surface area contributed by atoms with E-state index in [-0.39, 0.29) is 36.9 Å². The molecule has 0 saturated carbocycles. The molecule has 210 valence electrons. The van der Waals surface area contributed by atoms with Crippen molar-refractivity contribution in [2.75, 3.05) is 13.8 Å². The average molecular weight is 530 g/mol. The van der Waals surface area contributed by atoms with Crippen LogP contribution in [-0.2, 0) is 47.8 Å². The summed E-state index contributed by atoms with van der Waals surface area (Å²) in [4.78, 5) is 83.6. The number of carbonyl (C=O) groups is 7. The summed E-state index contributed by atoms with van der Waals surface area (Å²) < 4.78 is 14.8. The van der Waals surface area contributed by atoms with Crippen molar-refractivity contribution >= 4 is 41.4 Å². The molecule has 13 heteroatoms. The molecule has 0 aromatic carbocycles. The van der Waals surface area contributed by atoms with Crippen LogP contribution in [0, 0.1) is 11.8 Å². The van der Waals surface area contributed by atoms with Crippen molar-refractivity contribution in [2.45, 2.75) is 85.4 Å². The van der Waals surface area contributed by atoms with Crippen molar-refractivity contribution in [2.24, 2.45) is 11.8 Å². The van der Waals surface area contributed by atoms with Crippen LogP contribution in [0.4, 0.5) is 0 Å². The first-order valence-corrected chi connectivity index (χ1v) is 12.0. The summed E-state index contributed by atoms with van der Waals surface area (Å²) in [5.41, 5.74) is 0. The molecule has 37 heavy (non-hydrogen) atoms. The Labute approximate surface area is 216 Å². The number of amides is 3. The number of esters is 3. The van der Waals surface area contributed by atoms with E-state index in [0.717, 1.165) is 0 Å². The second-order valence-corrected chi connectivity index (χ2v) is 9.35. The summed E-state index contributed by atoms with van der Waals surface area (Å²) in [7, 11) is 1.37. The van der Waals surface area contributed by atoms with Gasteiger partial charge >= 0.3 is 17.9 Å². The topological polar surface area (TPSA) is 183 Å². The Balaban J connectivity index is 4.96. The van der Waals surface area contributed by atoms with Crippen LogP contribution < -0.4 is 16.0 Å². The second kappa shape index (κ2) is 17.0. The number of hydrogen-bond acceptors (Lipinski definition) is 10. The quantitative estimate of drug-likeness (QED) is 0.141. The molecule has 0 radical (unpaired) electrons. The Morgan fingerprint density at radius 3 is 1.51 bits per heavy atom. The van der Waals surface area contributed by atoms with E-state index in [1.165, 1.54) is 20.9 Å². The van der Waals surface area contributed by atoms with Gasteiger partial charge in [0, 0.05) is 7.05 Å². The number of carbonyl (C=O) groups excluding carboxylic acids is 7. The summed E-state index contributed by atoms with van der Waals surface area (Å²) >= 11 is 0. The first-order valence-electron chi connectivity index (χ1n) is 12.0. The van der Waals surface area contributed by atoms with Crippen LogP contribution in [0.5, 0.6) is 0 Å². The van der Waals surface area contributed by atoms with Crippen molar-refractivity contribution in [1.29, 1.82) is 0 Å². The normalized spacial score (nSPS) is 13.1. The third kappa shape index (κ3) is 15.3. The van der Waals surface area contributed by atoms with Crippen molar-refractivity contribution < 1.29 is 47.8 Å². The van der Waals surface area contributed by atoms with Crippen molar-refractivity contribution in [3.63, 3.8) is 0 Å². The minimum Gasteiger partial charge on any atom is -0.452 e. The van der Waals surface area contributed by atoms with E-state index in [0.29, 0.717) is 0 Å². The van der Waals surface area contributed by atoms with Gasteiger partial charge in [-0.3, -0.25) is 24.0 Å². The van der Waals surface area contributed by atoms with E-state index in [1.54, 1.807) is 13.8 Å². The van der Waals surface area contributed by atoms with Gasteiger partial charge in [0.25, 0.3) is 5.91 Å². The maximum absolute atomic E-state index is 12.5. The zero-order valence-corrected chi connectivity index (χ0v) is 22.5. The molecular formula is C24H39N3O10. The molecule has 0 bridgehead atoms. The number of ether oxygens (including phenoxy) is 3. The molecule has 0 heterocycles. The molecule has 0 aromatic heterocycles. The minimum atomic E-state index is -1.14. The lowest BCUT2D eigenvalue weighted by molar-refractivity contribution is -0.172. The predicted octanol–water partition coefficient (Wildman–Crippen LogP) is 0.139. The van der Waals surface area contributed by atoms with Gasteiger partial charge in [0.15, 0.2) is 6.10 Å². The summed E-state index contributed by atoms with van der Waals surface area (Å²) in [5.74, 6) is -5.11. The number of likely N-dealkylation sites (N-methyl/N-ethyl adjacent to an activating group) is 1. The van der Waals surface area contributed by atoms with Crippen LogP contribution >= 0.6 is 0 Å². The van der Waals surface area contributed by atoms with Crippen LogP contribution in [0.25, 0.3) is 0 Å². The lowest BCUT2D eigenvalue weighted by Crippen LogP contribution is -2.45. The van der Waals surface area contributed by atoms with Gasteiger partial charge < -0.3 is 30.2 Å². The largest absolute Gasteiger partial charge is 0.452 e. The van der Waals surface area contributed by atoms with E-state index in [1.807, 2.05) is 13.8 Å². The summed E-state index contributed by atoms with van der Waals surface area (Å²) in [6.07, 6.45) is -1.81. The van der Waals surface area contributed by atoms with Gasteiger partial charge in [0.05, 0.1) is 6.42 Å². The van der Waals surface area contributed by atoms with E-state index < -0.39 is 67.0 Å². The van der Waals surface area contributed by atoms with Crippen LogP contribution in [0.3, 0.4) is 0 Å². The lowest BCUT2D eigenvalue weighted by Gasteiger charge is -2.21. The highest BCUT2D eigenvalue weighted by molar-refractivity contribution is 5.98. The third-order valence-electron chi connectivity index (χ3n) is 4.69. The Kier molecular flexibility index (Phi) is 15.4. The third-order valence-corrected chi connectivity index (χ3v) is 4.69. The van der Waals surface area contributed by atoms with Gasteiger partial charge in [-0.25, -0.2) is 9.59 Å². The molecule has 0 rings (SSSR count). The molecule has 0 aliphatic carbocycles. The predicted molar refractivity (Wildman–Crippen MR) is 129 cm³/mol. The van der Waals surface area contributed by atoms with Crippen molar-refractivity contribution in [1.82, 2.24) is 16.0 Å². The fourth-order valence-corrected chi connectivity index (χ4v) is 3.06. The molecule has 0 spiro atoms. The molecule has 13 nitrogen and oxygen atoms in total. The highest BCUT2D eigenvalue weighted by Gasteiger charge is 2.28. The monoisotopic (exact) mass is 529 g/mol. The Morgan fingerprint density at radius 1 is 0.703 bits per heavy atom. The number of rotatable bonds is 16. The van der Waals surface area contributed by atoms with E-state index in [2.05, 4.69) is 16.0 Å². The zero-order chi connectivity index (χ0) is 28.7. The number of ketones is 1. The summed E-state index contributed by atoms with van der Waals surface area (Å²) in [6.45, 7) is 9.06. The van der Waals surface area contributed by atoms with Gasteiger partial charge in [-0.15, -0.1) is 0 Å². The molecule has 0 fully saturated rings. The Hall–Kier alpha value is -3.51. The smallest absolute Gasteiger partial charge is 0.331 e. The maximum atomic E-state index is 12.5. The number of nitrogens with one attached hydrogen (secondary N) is 3. The van der Waals surface area contributed by atoms with Gasteiger partial charge in [0.1, 0.15) is 24.3 Å². The summed E-state index contributed by atoms with van der Waals surface area (Å²) in [5, 5.41) is 7.12. The molecule has 3 atom stereocenters. The average Bonchev–Trinajstić information content (AvgIpc) is 2.75. The Morgan fingerprint density at radius 2 is 1.14 bits per heavy atom. The van der Waals surface area contributed by atoms with Gasteiger partial charge in [-0.05, 0) is 38.5 Å². The molecule has 3 unspecified atom stereocenters. The minimum absolute atomic E-state index is 0.00870. The molecule has 0 aliphatic heterocycles. The maximum Gasteiger partial charge on any atom is 0.331 e. The molecule has 3 N–H and O–H groups in total. The fraction of sp³-hybridized carbons (Fsp3) is 0.708. The summed E-state index contributed by atoms with van der Waals surface area (Å²) in [6, 6.07) is -2.18. The molecular weight excluding hydrogens is 490 g/mol. The first-order chi connectivity index (χ1) is 17.2. The lowest BCUT2D eigenvalue weighted by atomic mass is 10.0. The second-order valence-electron chi connectivity index (χ2n) is 9.35. The van der Waals surface area contributed by atoms with E-state index >= 15 is 0 Å². The van der Waals surface area contributed by atoms with Crippen LogP contribution in [-0.4, -0.2) is 73.4 Å². The van der Waals surface area contributed by atoms with Crippen molar-refractivity contribution in [3.05, 3.63) is 0 Å². The van der Waals surface area contributed by atoms with E-state index in [4.69, 9.17) is 14.2 Å². The van der Waals surface area contributed by atoms with E-state index in [9.17, 15) is 33.6 Å². The van der Waals surface area contributed by atoms with Crippen LogP contribution in [0.1, 0.15) is 67.2 Å². The van der Waals surface area contributed by atoms with Crippen LogP contribution in [0.15, 0.2) is 0 Å². The molecule has 3 amide bonds. The fourth-order valence-electron chi connectivity index (χ4n) is 3.06. The van der Waals surface area contributed by atoms with Gasteiger partial charge in [-0.1, -0.05) is 27.7 Å². The Bertz CT molecular complexity index is 841. The molecule has 0 aliphatic rings. The standard InChI is InChI=1S/C24H39N3O10/c1-13(2)8-17(26-19(29)10-15(5)28)23(33)35-12-36-24(34)18(9-14(3)4)27-20(30)11-21(31)37-16(6)22(32)25-7/h13-14,16-18H,8-12H2,1-7H3,(H,25,32)(H,26,29)(H,27,30). The number of hydrogen-bond donors (Lipinski definition) is 3. The highest BCUT2D eigenvalue weighted by Crippen LogP contribution is 2.09. The van der Waals surface area contributed by atoms with Crippen molar-refractivity contribution in [3.8, 4) is 0 Å². The number of Topliss-reactive ketones (excluding diaryl/α,β-unsaturated/α-hetero) is 1. The van der Waals surface area contributed by atoms with Gasteiger partial charge in [0.2, 0.25) is 18.6 Å². The van der Waals surface area contributed by atoms with Crippen LogP contribution in [0.2, 0.25) is 0 Å². The SMILES string of the molecule is CNC(=O)C(C)OC(=O)CC(=O)NC(CC(C)C)C(=O)OCOC(=O)C(CC(C)C)NC(=O)CC(C)=O. The van der Waals surface area contributed by atoms with Gasteiger partial charge in [-0.2, -0.15) is 0 Å². The molecule has 0 saturated heterocycles.